The number of carbonyl (C=O) groups excluding carboxylic acids is 1. The Labute approximate surface area is 179 Å². The largest absolute Gasteiger partial charge is 0.305 e. The lowest BCUT2D eigenvalue weighted by Gasteiger charge is -2.09. The Morgan fingerprint density at radius 3 is 2.48 bits per heavy atom. The molecule has 0 spiro atoms. The molecule has 4 aromatic rings. The van der Waals surface area contributed by atoms with Gasteiger partial charge in [0, 0.05) is 35.9 Å². The molecule has 0 aliphatic carbocycles. The second-order valence-corrected chi connectivity index (χ2v) is 8.39. The molecule has 0 aliphatic rings. The van der Waals surface area contributed by atoms with E-state index in [0.717, 1.165) is 5.56 Å². The molecule has 2 aromatic carbocycles. The number of amides is 1. The molecule has 2 heterocycles. The van der Waals surface area contributed by atoms with Crippen LogP contribution in [0.3, 0.4) is 0 Å². The van der Waals surface area contributed by atoms with E-state index in [-0.39, 0.29) is 4.90 Å². The van der Waals surface area contributed by atoms with Gasteiger partial charge < -0.3 is 5.32 Å². The van der Waals surface area contributed by atoms with Gasteiger partial charge in [0.25, 0.3) is 15.9 Å². The summed E-state index contributed by atoms with van der Waals surface area (Å²) in [6, 6.07) is 19.8. The summed E-state index contributed by atoms with van der Waals surface area (Å²) in [5.74, 6) is 0.00393. The summed E-state index contributed by atoms with van der Waals surface area (Å²) in [5, 5.41) is 7.07. The lowest BCUT2D eigenvalue weighted by molar-refractivity contribution is 0.102. The summed E-state index contributed by atoms with van der Waals surface area (Å²) in [4.78, 5) is 16.7. The number of pyridine rings is 1. The fourth-order valence-electron chi connectivity index (χ4n) is 2.92. The quantitative estimate of drug-likeness (QED) is 0.465. The van der Waals surface area contributed by atoms with Gasteiger partial charge in [0.15, 0.2) is 5.82 Å². The van der Waals surface area contributed by atoms with Crippen molar-refractivity contribution in [1.82, 2.24) is 14.8 Å². The summed E-state index contributed by atoms with van der Waals surface area (Å²) in [5.41, 5.74) is 1.63. The minimum atomic E-state index is -3.74. The summed E-state index contributed by atoms with van der Waals surface area (Å²) >= 11 is 0. The molecule has 2 N–H and O–H groups in total. The van der Waals surface area contributed by atoms with Crippen molar-refractivity contribution in [2.45, 2.75) is 11.4 Å². The molecule has 0 saturated carbocycles. The first-order valence-electron chi connectivity index (χ1n) is 9.41. The molecular formula is C22H19N5O3S. The Morgan fingerprint density at radius 2 is 1.71 bits per heavy atom. The molecule has 9 heteroatoms. The number of anilines is 2. The Bertz CT molecular complexity index is 1290. The standard InChI is InChI=1S/C22H19N5O3S/c28-22(24-21-11-14-27(25-21)16-17-9-12-23-13-10-17)18-5-4-6-19(15-18)26-31(29,30)20-7-2-1-3-8-20/h1-15,26H,16H2,(H,24,25,28). The maximum absolute atomic E-state index is 12.6. The zero-order valence-electron chi connectivity index (χ0n) is 16.3. The van der Waals surface area contributed by atoms with Crippen LogP contribution in [0.1, 0.15) is 15.9 Å². The topological polar surface area (TPSA) is 106 Å². The van der Waals surface area contributed by atoms with E-state index in [9.17, 15) is 13.2 Å². The molecule has 156 valence electrons. The molecule has 1 amide bonds. The highest BCUT2D eigenvalue weighted by Crippen LogP contribution is 2.18. The molecule has 31 heavy (non-hydrogen) atoms. The second kappa shape index (κ2) is 8.80. The number of nitrogens with zero attached hydrogens (tertiary/aromatic N) is 3. The molecule has 0 atom stereocenters. The van der Waals surface area contributed by atoms with Crippen LogP contribution in [0.15, 0.2) is 96.3 Å². The maximum Gasteiger partial charge on any atom is 0.261 e. The molecule has 0 radical (unpaired) electrons. The third-order valence-electron chi connectivity index (χ3n) is 4.41. The number of aromatic nitrogens is 3. The fraction of sp³-hybridized carbons (Fsp3) is 0.0455. The van der Waals surface area contributed by atoms with Crippen molar-refractivity contribution in [2.75, 3.05) is 10.0 Å². The van der Waals surface area contributed by atoms with Crippen LogP contribution in [0.2, 0.25) is 0 Å². The van der Waals surface area contributed by atoms with Crippen molar-refractivity contribution in [3.8, 4) is 0 Å². The van der Waals surface area contributed by atoms with Gasteiger partial charge in [0.2, 0.25) is 0 Å². The molecule has 0 bridgehead atoms. The van der Waals surface area contributed by atoms with E-state index >= 15 is 0 Å². The van der Waals surface area contributed by atoms with Crippen molar-refractivity contribution in [3.63, 3.8) is 0 Å². The average Bonchev–Trinajstić information content (AvgIpc) is 3.21. The van der Waals surface area contributed by atoms with Crippen LogP contribution in [0.4, 0.5) is 11.5 Å². The van der Waals surface area contributed by atoms with Gasteiger partial charge >= 0.3 is 0 Å². The number of hydrogen-bond acceptors (Lipinski definition) is 5. The molecule has 2 aromatic heterocycles. The van der Waals surface area contributed by atoms with Gasteiger partial charge in [-0.3, -0.25) is 19.2 Å². The molecule has 4 rings (SSSR count). The lowest BCUT2D eigenvalue weighted by Crippen LogP contribution is -2.15. The first-order valence-corrected chi connectivity index (χ1v) is 10.9. The average molecular weight is 433 g/mol. The van der Waals surface area contributed by atoms with E-state index in [1.165, 1.54) is 18.2 Å². The number of nitrogens with one attached hydrogen (secondary N) is 2. The minimum absolute atomic E-state index is 0.143. The smallest absolute Gasteiger partial charge is 0.261 e. The van der Waals surface area contributed by atoms with Crippen LogP contribution in [-0.4, -0.2) is 29.1 Å². The number of sulfonamides is 1. The second-order valence-electron chi connectivity index (χ2n) is 6.71. The number of hydrogen-bond donors (Lipinski definition) is 2. The highest BCUT2D eigenvalue weighted by atomic mass is 32.2. The highest BCUT2D eigenvalue weighted by molar-refractivity contribution is 7.92. The Kier molecular flexibility index (Phi) is 5.76. The van der Waals surface area contributed by atoms with E-state index < -0.39 is 15.9 Å². The van der Waals surface area contributed by atoms with E-state index in [0.29, 0.717) is 23.6 Å². The van der Waals surface area contributed by atoms with Crippen molar-refractivity contribution < 1.29 is 13.2 Å². The van der Waals surface area contributed by atoms with Gasteiger partial charge in [0.1, 0.15) is 0 Å². The van der Waals surface area contributed by atoms with Gasteiger partial charge in [-0.1, -0.05) is 24.3 Å². The van der Waals surface area contributed by atoms with Crippen LogP contribution in [0.25, 0.3) is 0 Å². The Hall–Kier alpha value is -3.98. The summed E-state index contributed by atoms with van der Waals surface area (Å²) in [6.07, 6.45) is 5.18. The fourth-order valence-corrected chi connectivity index (χ4v) is 3.99. The SMILES string of the molecule is O=C(Nc1ccn(Cc2ccncc2)n1)c1cccc(NS(=O)(=O)c2ccccc2)c1. The molecule has 8 nitrogen and oxygen atoms in total. The number of rotatable bonds is 7. The molecule has 0 saturated heterocycles. The third kappa shape index (κ3) is 5.14. The monoisotopic (exact) mass is 433 g/mol. The van der Waals surface area contributed by atoms with E-state index in [4.69, 9.17) is 0 Å². The highest BCUT2D eigenvalue weighted by Gasteiger charge is 2.15. The molecular weight excluding hydrogens is 414 g/mol. The first-order chi connectivity index (χ1) is 15.0. The van der Waals surface area contributed by atoms with Gasteiger partial charge in [0.05, 0.1) is 11.4 Å². The van der Waals surface area contributed by atoms with Crippen molar-refractivity contribution in [3.05, 3.63) is 103 Å². The zero-order valence-corrected chi connectivity index (χ0v) is 17.2. The van der Waals surface area contributed by atoms with Crippen molar-refractivity contribution in [2.24, 2.45) is 0 Å². The zero-order chi connectivity index (χ0) is 21.7. The van der Waals surface area contributed by atoms with Gasteiger partial charge in [-0.15, -0.1) is 0 Å². The Morgan fingerprint density at radius 1 is 0.935 bits per heavy atom. The minimum Gasteiger partial charge on any atom is -0.305 e. The lowest BCUT2D eigenvalue weighted by atomic mass is 10.2. The van der Waals surface area contributed by atoms with Crippen molar-refractivity contribution in [1.29, 1.82) is 0 Å². The molecule has 0 unspecified atom stereocenters. The van der Waals surface area contributed by atoms with Crippen LogP contribution in [0, 0.1) is 0 Å². The van der Waals surface area contributed by atoms with E-state index in [1.54, 1.807) is 65.7 Å². The first kappa shape index (κ1) is 20.3. The maximum atomic E-state index is 12.6. The van der Waals surface area contributed by atoms with Gasteiger partial charge in [-0.2, -0.15) is 5.10 Å². The van der Waals surface area contributed by atoms with Crippen LogP contribution < -0.4 is 10.0 Å². The van der Waals surface area contributed by atoms with Crippen LogP contribution >= 0.6 is 0 Å². The van der Waals surface area contributed by atoms with Crippen LogP contribution in [-0.2, 0) is 16.6 Å². The predicted octanol–water partition coefficient (Wildman–Crippen LogP) is 3.38. The summed E-state index contributed by atoms with van der Waals surface area (Å²) < 4.78 is 29.2. The molecule has 0 fully saturated rings. The normalized spacial score (nSPS) is 11.1. The number of carbonyl (C=O) groups is 1. The molecule has 0 aliphatic heterocycles. The predicted molar refractivity (Wildman–Crippen MR) is 117 cm³/mol. The van der Waals surface area contributed by atoms with E-state index in [2.05, 4.69) is 20.1 Å². The summed E-state index contributed by atoms with van der Waals surface area (Å²) in [6.45, 7) is 0.551. The van der Waals surface area contributed by atoms with Gasteiger partial charge in [-0.25, -0.2) is 8.42 Å². The third-order valence-corrected chi connectivity index (χ3v) is 5.80. The Balaban J connectivity index is 1.44. The summed E-state index contributed by atoms with van der Waals surface area (Å²) in [7, 11) is -3.74. The van der Waals surface area contributed by atoms with Crippen LogP contribution in [0.5, 0.6) is 0 Å². The number of benzene rings is 2. The van der Waals surface area contributed by atoms with Crippen molar-refractivity contribution >= 4 is 27.4 Å². The van der Waals surface area contributed by atoms with E-state index in [1.807, 2.05) is 12.1 Å². The van der Waals surface area contributed by atoms with Gasteiger partial charge in [-0.05, 0) is 48.0 Å².